The van der Waals surface area contributed by atoms with Crippen LogP contribution in [0.2, 0.25) is 0 Å². The molecule has 0 N–H and O–H groups in total. The predicted octanol–water partition coefficient (Wildman–Crippen LogP) is 2.81. The van der Waals surface area contributed by atoms with Crippen LogP contribution in [0.15, 0.2) is 29.4 Å². The molecule has 10 heteroatoms. The van der Waals surface area contributed by atoms with Gasteiger partial charge in [0.15, 0.2) is 20.8 Å². The zero-order chi connectivity index (χ0) is 23.3. The second-order valence-electron chi connectivity index (χ2n) is 8.54. The predicted molar refractivity (Wildman–Crippen MR) is 126 cm³/mol. The van der Waals surface area contributed by atoms with Gasteiger partial charge < -0.3 is 14.2 Å². The van der Waals surface area contributed by atoms with Crippen LogP contribution < -0.4 is 4.74 Å². The Kier molecular flexibility index (Phi) is 8.21. The molecule has 2 heterocycles. The average molecular weight is 481 g/mol. The summed E-state index contributed by atoms with van der Waals surface area (Å²) < 4.78 is 31.4. The molecule has 2 aromatic rings. The van der Waals surface area contributed by atoms with Crippen molar-refractivity contribution in [2.45, 2.75) is 58.0 Å². The summed E-state index contributed by atoms with van der Waals surface area (Å²) in [6, 6.07) is 7.76. The van der Waals surface area contributed by atoms with Crippen molar-refractivity contribution in [3.05, 3.63) is 35.7 Å². The SMILES string of the molecule is CCc1ccc(OCc2nnc(SCC(=O)N(C)C3CCS(=O)(=O)C3)n2CC(C)C)cc1. The van der Waals surface area contributed by atoms with E-state index in [-0.39, 0.29) is 29.2 Å². The van der Waals surface area contributed by atoms with Crippen LogP contribution in [0.1, 0.15) is 38.6 Å². The molecule has 1 aromatic heterocycles. The fraction of sp³-hybridized carbons (Fsp3) is 0.591. The third kappa shape index (κ3) is 6.48. The number of carbonyl (C=O) groups excluding carboxylic acids is 1. The van der Waals surface area contributed by atoms with Gasteiger partial charge in [-0.2, -0.15) is 0 Å². The van der Waals surface area contributed by atoms with E-state index >= 15 is 0 Å². The maximum absolute atomic E-state index is 12.6. The molecule has 1 aromatic carbocycles. The highest BCUT2D eigenvalue weighted by molar-refractivity contribution is 7.99. The minimum absolute atomic E-state index is 0.0458. The van der Waals surface area contributed by atoms with Crippen molar-refractivity contribution in [1.82, 2.24) is 19.7 Å². The lowest BCUT2D eigenvalue weighted by atomic mass is 10.2. The van der Waals surface area contributed by atoms with Crippen LogP contribution in [-0.2, 0) is 34.2 Å². The quantitative estimate of drug-likeness (QED) is 0.483. The highest BCUT2D eigenvalue weighted by Crippen LogP contribution is 2.23. The van der Waals surface area contributed by atoms with Crippen molar-refractivity contribution >= 4 is 27.5 Å². The number of hydrogen-bond donors (Lipinski definition) is 0. The third-order valence-electron chi connectivity index (χ3n) is 5.51. The molecular formula is C22H32N4O4S2. The molecule has 1 fully saturated rings. The van der Waals surface area contributed by atoms with Crippen LogP contribution >= 0.6 is 11.8 Å². The zero-order valence-corrected chi connectivity index (χ0v) is 20.8. The van der Waals surface area contributed by atoms with Gasteiger partial charge in [0.1, 0.15) is 12.4 Å². The molecule has 1 aliphatic heterocycles. The van der Waals surface area contributed by atoms with E-state index in [9.17, 15) is 13.2 Å². The smallest absolute Gasteiger partial charge is 0.233 e. The van der Waals surface area contributed by atoms with Gasteiger partial charge in [-0.15, -0.1) is 10.2 Å². The van der Waals surface area contributed by atoms with E-state index in [0.29, 0.717) is 36.5 Å². The fourth-order valence-electron chi connectivity index (χ4n) is 3.56. The average Bonchev–Trinajstić information content (AvgIpc) is 3.32. The van der Waals surface area contributed by atoms with Gasteiger partial charge in [-0.1, -0.05) is 44.7 Å². The van der Waals surface area contributed by atoms with Gasteiger partial charge in [0.2, 0.25) is 5.91 Å². The van der Waals surface area contributed by atoms with Crippen molar-refractivity contribution in [1.29, 1.82) is 0 Å². The molecule has 176 valence electrons. The number of rotatable bonds is 10. The number of aryl methyl sites for hydroxylation is 1. The van der Waals surface area contributed by atoms with Crippen molar-refractivity contribution in [2.75, 3.05) is 24.3 Å². The first-order valence-electron chi connectivity index (χ1n) is 10.9. The lowest BCUT2D eigenvalue weighted by Crippen LogP contribution is -2.38. The van der Waals surface area contributed by atoms with Crippen molar-refractivity contribution < 1.29 is 17.9 Å². The number of ether oxygens (including phenoxy) is 1. The molecule has 0 spiro atoms. The Bertz CT molecular complexity index is 1020. The van der Waals surface area contributed by atoms with Gasteiger partial charge in [-0.3, -0.25) is 4.79 Å². The molecule has 8 nitrogen and oxygen atoms in total. The van der Waals surface area contributed by atoms with Crippen molar-refractivity contribution in [3.63, 3.8) is 0 Å². The van der Waals surface area contributed by atoms with Crippen LogP contribution in [0.4, 0.5) is 0 Å². The van der Waals surface area contributed by atoms with Crippen LogP contribution in [0.3, 0.4) is 0 Å². The summed E-state index contributed by atoms with van der Waals surface area (Å²) in [5.41, 5.74) is 1.25. The van der Waals surface area contributed by atoms with Gasteiger partial charge >= 0.3 is 0 Å². The Hall–Kier alpha value is -2.07. The van der Waals surface area contributed by atoms with Gasteiger partial charge in [-0.05, 0) is 36.5 Å². The first kappa shape index (κ1) is 24.6. The molecule has 3 rings (SSSR count). The van der Waals surface area contributed by atoms with Crippen molar-refractivity contribution in [2.24, 2.45) is 5.92 Å². The van der Waals surface area contributed by atoms with E-state index < -0.39 is 9.84 Å². The Morgan fingerprint density at radius 3 is 2.59 bits per heavy atom. The minimum Gasteiger partial charge on any atom is -0.486 e. The molecule has 1 atom stereocenters. The Morgan fingerprint density at radius 2 is 2.00 bits per heavy atom. The van der Waals surface area contributed by atoms with Crippen LogP contribution in [-0.4, -0.2) is 64.3 Å². The minimum atomic E-state index is -3.03. The summed E-state index contributed by atoms with van der Waals surface area (Å²) in [6.07, 6.45) is 1.48. The Balaban J connectivity index is 1.63. The second-order valence-corrected chi connectivity index (χ2v) is 11.7. The normalized spacial score (nSPS) is 17.6. The first-order chi connectivity index (χ1) is 15.2. The topological polar surface area (TPSA) is 94.4 Å². The molecule has 0 bridgehead atoms. The number of aromatic nitrogens is 3. The molecule has 1 amide bonds. The van der Waals surface area contributed by atoms with Crippen molar-refractivity contribution in [3.8, 4) is 5.75 Å². The summed E-state index contributed by atoms with van der Waals surface area (Å²) in [7, 11) is -1.36. The molecule has 0 saturated carbocycles. The number of amides is 1. The maximum Gasteiger partial charge on any atom is 0.233 e. The van der Waals surface area contributed by atoms with Crippen LogP contribution in [0.5, 0.6) is 5.75 Å². The maximum atomic E-state index is 12.6. The number of sulfone groups is 1. The van der Waals surface area contributed by atoms with E-state index in [2.05, 4.69) is 31.0 Å². The summed E-state index contributed by atoms with van der Waals surface area (Å²) in [5, 5.41) is 9.26. The number of thioether (sulfide) groups is 1. The highest BCUT2D eigenvalue weighted by atomic mass is 32.2. The number of benzene rings is 1. The highest BCUT2D eigenvalue weighted by Gasteiger charge is 2.32. The van der Waals surface area contributed by atoms with Crippen LogP contribution in [0, 0.1) is 5.92 Å². The number of nitrogens with zero attached hydrogens (tertiary/aromatic N) is 4. The Labute approximate surface area is 194 Å². The molecule has 0 aliphatic carbocycles. The van der Waals surface area contributed by atoms with E-state index in [0.717, 1.165) is 12.2 Å². The van der Waals surface area contributed by atoms with E-state index in [1.165, 1.54) is 17.3 Å². The molecular weight excluding hydrogens is 448 g/mol. The summed E-state index contributed by atoms with van der Waals surface area (Å²) in [5.74, 6) is 2.13. The van der Waals surface area contributed by atoms with Gasteiger partial charge in [0, 0.05) is 19.6 Å². The molecule has 1 saturated heterocycles. The summed E-state index contributed by atoms with van der Waals surface area (Å²) >= 11 is 1.32. The zero-order valence-electron chi connectivity index (χ0n) is 19.2. The van der Waals surface area contributed by atoms with Gasteiger partial charge in [0.25, 0.3) is 0 Å². The lowest BCUT2D eigenvalue weighted by Gasteiger charge is -2.23. The van der Waals surface area contributed by atoms with E-state index in [1.54, 1.807) is 11.9 Å². The molecule has 1 unspecified atom stereocenters. The summed E-state index contributed by atoms with van der Waals surface area (Å²) in [4.78, 5) is 14.2. The van der Waals surface area contributed by atoms with E-state index in [4.69, 9.17) is 4.74 Å². The van der Waals surface area contributed by atoms with Crippen LogP contribution in [0.25, 0.3) is 0 Å². The van der Waals surface area contributed by atoms with E-state index in [1.807, 2.05) is 28.8 Å². The lowest BCUT2D eigenvalue weighted by molar-refractivity contribution is -0.128. The number of carbonyl (C=O) groups is 1. The third-order valence-corrected chi connectivity index (χ3v) is 8.22. The monoisotopic (exact) mass is 480 g/mol. The van der Waals surface area contributed by atoms with Gasteiger partial charge in [-0.25, -0.2) is 8.42 Å². The molecule has 32 heavy (non-hydrogen) atoms. The standard InChI is InChI=1S/C22H32N4O4S2/c1-5-17-6-8-19(9-7-17)30-13-20-23-24-22(26(20)12-16(2)3)31-14-21(27)25(4)18-10-11-32(28,29)15-18/h6-9,16,18H,5,10-15H2,1-4H3. The first-order valence-corrected chi connectivity index (χ1v) is 13.7. The molecule has 1 aliphatic rings. The largest absolute Gasteiger partial charge is 0.486 e. The number of hydrogen-bond acceptors (Lipinski definition) is 7. The van der Waals surface area contributed by atoms with Gasteiger partial charge in [0.05, 0.1) is 17.3 Å². The summed E-state index contributed by atoms with van der Waals surface area (Å²) in [6.45, 7) is 7.35. The second kappa shape index (κ2) is 10.7. The fourth-order valence-corrected chi connectivity index (χ4v) is 6.23. The Morgan fingerprint density at radius 1 is 1.28 bits per heavy atom. The molecule has 0 radical (unpaired) electrons.